The topological polar surface area (TPSA) is 44.3 Å². The molecule has 0 aromatic heterocycles. The largest absolute Gasteiger partial charge is 0.388 e. The van der Waals surface area contributed by atoms with Gasteiger partial charge in [0.15, 0.2) is 0 Å². The molecule has 1 saturated carbocycles. The maximum atomic E-state index is 10.8. The minimum absolute atomic E-state index is 0.340. The molecule has 1 atom stereocenters. The number of hydrogen-bond acceptors (Lipinski definition) is 3. The predicted octanol–water partition coefficient (Wildman–Crippen LogP) is 1.80. The van der Waals surface area contributed by atoms with Crippen LogP contribution in [0.15, 0.2) is 0 Å². The van der Waals surface area contributed by atoms with Crippen LogP contribution in [-0.4, -0.2) is 35.9 Å². The van der Waals surface area contributed by atoms with Gasteiger partial charge in [-0.05, 0) is 51.6 Å². The molecule has 0 aromatic carbocycles. The van der Waals surface area contributed by atoms with Crippen LogP contribution in [0.4, 0.5) is 0 Å². The summed E-state index contributed by atoms with van der Waals surface area (Å²) in [6, 6.07) is 0.971. The van der Waals surface area contributed by atoms with Crippen molar-refractivity contribution in [1.82, 2.24) is 10.6 Å². The van der Waals surface area contributed by atoms with Gasteiger partial charge in [-0.25, -0.2) is 0 Å². The van der Waals surface area contributed by atoms with Crippen molar-refractivity contribution >= 4 is 0 Å². The van der Waals surface area contributed by atoms with Crippen molar-refractivity contribution in [3.8, 4) is 0 Å². The Morgan fingerprint density at radius 3 is 2.65 bits per heavy atom. The third-order valence-corrected chi connectivity index (χ3v) is 4.55. The van der Waals surface area contributed by atoms with Gasteiger partial charge in [-0.3, -0.25) is 0 Å². The quantitative estimate of drug-likeness (QED) is 0.705. The molecular formula is C14H28N2O. The van der Waals surface area contributed by atoms with Gasteiger partial charge in [0.2, 0.25) is 0 Å². The molecule has 3 N–H and O–H groups in total. The normalized spacial score (nSPS) is 39.9. The highest BCUT2D eigenvalue weighted by Gasteiger charge is 2.39. The van der Waals surface area contributed by atoms with Crippen molar-refractivity contribution in [2.75, 3.05) is 13.1 Å². The second-order valence-corrected chi connectivity index (χ2v) is 5.79. The van der Waals surface area contributed by atoms with E-state index in [0.29, 0.717) is 12.1 Å². The van der Waals surface area contributed by atoms with Crippen LogP contribution in [0.3, 0.4) is 0 Å². The molecule has 2 aliphatic rings. The van der Waals surface area contributed by atoms with Gasteiger partial charge >= 0.3 is 0 Å². The van der Waals surface area contributed by atoms with Crippen LogP contribution in [0.2, 0.25) is 0 Å². The average Bonchev–Trinajstić information content (AvgIpc) is 2.62. The summed E-state index contributed by atoms with van der Waals surface area (Å²) in [5.74, 6) is 0. The Kier molecular flexibility index (Phi) is 4.83. The molecule has 2 rings (SSSR count). The second kappa shape index (κ2) is 6.17. The first kappa shape index (κ1) is 13.3. The van der Waals surface area contributed by atoms with Crippen LogP contribution in [0.5, 0.6) is 0 Å². The highest BCUT2D eigenvalue weighted by atomic mass is 16.3. The molecule has 3 heteroatoms. The van der Waals surface area contributed by atoms with E-state index < -0.39 is 5.60 Å². The summed E-state index contributed by atoms with van der Waals surface area (Å²) in [6.07, 6.45) is 9.20. The summed E-state index contributed by atoms with van der Waals surface area (Å²) in [6.45, 7) is 4.29. The Morgan fingerprint density at radius 2 is 1.94 bits per heavy atom. The van der Waals surface area contributed by atoms with Crippen LogP contribution in [-0.2, 0) is 0 Å². The zero-order chi connectivity index (χ0) is 12.1. The molecule has 1 aliphatic carbocycles. The average molecular weight is 240 g/mol. The summed E-state index contributed by atoms with van der Waals surface area (Å²) in [7, 11) is 0. The molecule has 3 nitrogen and oxygen atoms in total. The smallest absolute Gasteiger partial charge is 0.0801 e. The molecule has 1 heterocycles. The van der Waals surface area contributed by atoms with Crippen LogP contribution < -0.4 is 10.6 Å². The summed E-state index contributed by atoms with van der Waals surface area (Å²) >= 11 is 0. The van der Waals surface area contributed by atoms with Crippen LogP contribution in [0, 0.1) is 0 Å². The Morgan fingerprint density at radius 1 is 1.18 bits per heavy atom. The lowest BCUT2D eigenvalue weighted by Crippen LogP contribution is -2.54. The van der Waals surface area contributed by atoms with E-state index >= 15 is 0 Å². The van der Waals surface area contributed by atoms with Crippen LogP contribution >= 0.6 is 0 Å². The van der Waals surface area contributed by atoms with E-state index in [1.807, 2.05) is 0 Å². The molecule has 0 aromatic rings. The molecule has 0 amide bonds. The third-order valence-electron chi connectivity index (χ3n) is 4.55. The Labute approximate surface area is 105 Å². The van der Waals surface area contributed by atoms with Gasteiger partial charge in [-0.2, -0.15) is 0 Å². The van der Waals surface area contributed by atoms with E-state index in [-0.39, 0.29) is 0 Å². The number of hydrogen-bond donors (Lipinski definition) is 3. The van der Waals surface area contributed by atoms with E-state index in [4.69, 9.17) is 0 Å². The zero-order valence-corrected chi connectivity index (χ0v) is 11.2. The van der Waals surface area contributed by atoms with Gasteiger partial charge < -0.3 is 15.7 Å². The first-order chi connectivity index (χ1) is 8.24. The summed E-state index contributed by atoms with van der Waals surface area (Å²) in [5, 5.41) is 17.9. The van der Waals surface area contributed by atoms with Crippen molar-refractivity contribution in [1.29, 1.82) is 0 Å². The molecule has 0 radical (unpaired) electrons. The van der Waals surface area contributed by atoms with E-state index in [1.54, 1.807) is 0 Å². The van der Waals surface area contributed by atoms with Gasteiger partial charge in [-0.15, -0.1) is 0 Å². The fourth-order valence-electron chi connectivity index (χ4n) is 3.45. The predicted molar refractivity (Wildman–Crippen MR) is 71.1 cm³/mol. The molecule has 0 bridgehead atoms. The van der Waals surface area contributed by atoms with Crippen molar-refractivity contribution in [2.24, 2.45) is 0 Å². The van der Waals surface area contributed by atoms with Gasteiger partial charge in [-0.1, -0.05) is 19.8 Å². The lowest BCUT2D eigenvalue weighted by Gasteiger charge is -2.42. The minimum Gasteiger partial charge on any atom is -0.388 e. The molecule has 17 heavy (non-hydrogen) atoms. The lowest BCUT2D eigenvalue weighted by atomic mass is 9.76. The van der Waals surface area contributed by atoms with Crippen LogP contribution in [0.1, 0.15) is 58.3 Å². The molecule has 2 fully saturated rings. The molecular weight excluding hydrogens is 212 g/mol. The Bertz CT molecular complexity index is 216. The van der Waals surface area contributed by atoms with E-state index in [0.717, 1.165) is 45.2 Å². The van der Waals surface area contributed by atoms with Crippen molar-refractivity contribution in [3.63, 3.8) is 0 Å². The first-order valence-corrected chi connectivity index (χ1v) is 7.44. The SMILES string of the molecule is CCNC1CCC(O)(C2CCCCCN2)CC1. The van der Waals surface area contributed by atoms with Crippen molar-refractivity contribution in [3.05, 3.63) is 0 Å². The lowest BCUT2D eigenvalue weighted by molar-refractivity contribution is -0.0373. The molecule has 100 valence electrons. The van der Waals surface area contributed by atoms with Crippen molar-refractivity contribution in [2.45, 2.75) is 76.0 Å². The van der Waals surface area contributed by atoms with Gasteiger partial charge in [0.25, 0.3) is 0 Å². The maximum Gasteiger partial charge on any atom is 0.0801 e. The minimum atomic E-state index is -0.434. The maximum absolute atomic E-state index is 10.8. The third kappa shape index (κ3) is 3.43. The van der Waals surface area contributed by atoms with Gasteiger partial charge in [0, 0.05) is 12.1 Å². The zero-order valence-electron chi connectivity index (χ0n) is 11.2. The number of aliphatic hydroxyl groups is 1. The van der Waals surface area contributed by atoms with E-state index in [1.165, 1.54) is 19.3 Å². The fraction of sp³-hybridized carbons (Fsp3) is 1.00. The Balaban J connectivity index is 1.86. The number of rotatable bonds is 3. The Hall–Kier alpha value is -0.120. The highest BCUT2D eigenvalue weighted by molar-refractivity contribution is 4.97. The standard InChI is InChI=1S/C14H28N2O/c1-2-15-12-7-9-14(17,10-8-12)13-6-4-3-5-11-16-13/h12-13,15-17H,2-11H2,1H3. The van der Waals surface area contributed by atoms with E-state index in [2.05, 4.69) is 17.6 Å². The monoisotopic (exact) mass is 240 g/mol. The van der Waals surface area contributed by atoms with Gasteiger partial charge in [0.1, 0.15) is 0 Å². The molecule has 1 saturated heterocycles. The van der Waals surface area contributed by atoms with Crippen molar-refractivity contribution < 1.29 is 5.11 Å². The van der Waals surface area contributed by atoms with E-state index in [9.17, 15) is 5.11 Å². The molecule has 1 aliphatic heterocycles. The molecule has 1 unspecified atom stereocenters. The summed E-state index contributed by atoms with van der Waals surface area (Å²) < 4.78 is 0. The highest BCUT2D eigenvalue weighted by Crippen LogP contribution is 2.33. The second-order valence-electron chi connectivity index (χ2n) is 5.79. The fourth-order valence-corrected chi connectivity index (χ4v) is 3.45. The number of nitrogens with one attached hydrogen (secondary N) is 2. The van der Waals surface area contributed by atoms with Crippen LogP contribution in [0.25, 0.3) is 0 Å². The summed E-state index contributed by atoms with van der Waals surface area (Å²) in [5.41, 5.74) is -0.434. The molecule has 0 spiro atoms. The first-order valence-electron chi connectivity index (χ1n) is 7.44. The summed E-state index contributed by atoms with van der Waals surface area (Å²) in [4.78, 5) is 0. The van der Waals surface area contributed by atoms with Gasteiger partial charge in [0.05, 0.1) is 5.60 Å².